The maximum atomic E-state index is 10.8. The van der Waals surface area contributed by atoms with Crippen LogP contribution in [0.2, 0.25) is 0 Å². The second-order valence-electron chi connectivity index (χ2n) is 4.23. The van der Waals surface area contributed by atoms with Crippen molar-refractivity contribution in [3.8, 4) is 5.75 Å². The lowest BCUT2D eigenvalue weighted by atomic mass is 10.1. The van der Waals surface area contributed by atoms with E-state index in [2.05, 4.69) is 4.90 Å². The molecule has 0 aromatic heterocycles. The highest BCUT2D eigenvalue weighted by atomic mass is 16.5. The summed E-state index contributed by atoms with van der Waals surface area (Å²) in [6.07, 6.45) is 0.988. The summed E-state index contributed by atoms with van der Waals surface area (Å²) in [6.45, 7) is 1.50. The number of ether oxygens (including phenoxy) is 1. The molecule has 0 saturated carbocycles. The first-order valence-electron chi connectivity index (χ1n) is 5.73. The van der Waals surface area contributed by atoms with E-state index in [1.54, 1.807) is 0 Å². The zero-order valence-electron chi connectivity index (χ0n) is 10.5. The van der Waals surface area contributed by atoms with Gasteiger partial charge in [0.15, 0.2) is 0 Å². The number of hydrogen-bond acceptors (Lipinski definition) is 3. The molecule has 0 unspecified atom stereocenters. The number of para-hydroxylation sites is 1. The molecule has 0 aliphatic rings. The van der Waals surface area contributed by atoms with Crippen LogP contribution in [0.25, 0.3) is 0 Å². The van der Waals surface area contributed by atoms with Gasteiger partial charge in [0.2, 0.25) is 5.91 Å². The summed E-state index contributed by atoms with van der Waals surface area (Å²) in [4.78, 5) is 12.8. The summed E-state index contributed by atoms with van der Waals surface area (Å²) in [6, 6.07) is 7.76. The van der Waals surface area contributed by atoms with Gasteiger partial charge in [-0.2, -0.15) is 0 Å². The second-order valence-corrected chi connectivity index (χ2v) is 4.23. The van der Waals surface area contributed by atoms with Gasteiger partial charge in [-0.3, -0.25) is 4.79 Å². The smallest absolute Gasteiger partial charge is 0.217 e. The van der Waals surface area contributed by atoms with Crippen LogP contribution in [0, 0.1) is 0 Å². The van der Waals surface area contributed by atoms with Gasteiger partial charge in [-0.15, -0.1) is 0 Å². The molecule has 0 radical (unpaired) electrons. The Morgan fingerprint density at radius 3 is 2.71 bits per heavy atom. The van der Waals surface area contributed by atoms with Crippen molar-refractivity contribution >= 4 is 5.91 Å². The molecule has 0 aliphatic carbocycles. The van der Waals surface area contributed by atoms with E-state index < -0.39 is 0 Å². The summed E-state index contributed by atoms with van der Waals surface area (Å²) in [5, 5.41) is 0. The Bertz CT molecular complexity index is 364. The number of benzene rings is 1. The number of carbonyl (C=O) groups is 1. The van der Waals surface area contributed by atoms with Crippen LogP contribution in [0.5, 0.6) is 5.75 Å². The van der Waals surface area contributed by atoms with E-state index in [9.17, 15) is 4.79 Å². The first-order chi connectivity index (χ1) is 8.09. The van der Waals surface area contributed by atoms with Crippen molar-refractivity contribution in [2.45, 2.75) is 12.8 Å². The number of amides is 1. The van der Waals surface area contributed by atoms with E-state index in [0.29, 0.717) is 19.4 Å². The van der Waals surface area contributed by atoms with Crippen LogP contribution in [-0.2, 0) is 11.2 Å². The van der Waals surface area contributed by atoms with E-state index in [0.717, 1.165) is 17.9 Å². The second kappa shape index (κ2) is 6.91. The number of nitrogens with zero attached hydrogens (tertiary/aromatic N) is 1. The van der Waals surface area contributed by atoms with Crippen LogP contribution in [-0.4, -0.2) is 38.1 Å². The standard InChI is InChI=1S/C13H20N2O2/c1-15(2)9-10-17-12-6-4-3-5-11(12)7-8-13(14)16/h3-6H,7-10H2,1-2H3,(H2,14,16). The molecule has 0 spiro atoms. The molecule has 94 valence electrons. The van der Waals surface area contributed by atoms with Crippen molar-refractivity contribution in [2.75, 3.05) is 27.2 Å². The van der Waals surface area contributed by atoms with Crippen LogP contribution >= 0.6 is 0 Å². The summed E-state index contributed by atoms with van der Waals surface area (Å²) in [5.41, 5.74) is 6.18. The van der Waals surface area contributed by atoms with Gasteiger partial charge in [0.1, 0.15) is 12.4 Å². The molecule has 1 aromatic carbocycles. The van der Waals surface area contributed by atoms with Crippen molar-refractivity contribution in [3.05, 3.63) is 29.8 Å². The molecule has 17 heavy (non-hydrogen) atoms. The fraction of sp³-hybridized carbons (Fsp3) is 0.462. The molecule has 0 fully saturated rings. The van der Waals surface area contributed by atoms with Crippen molar-refractivity contribution < 1.29 is 9.53 Å². The lowest BCUT2D eigenvalue weighted by molar-refractivity contribution is -0.117. The molecule has 1 aromatic rings. The molecule has 1 rings (SSSR count). The first kappa shape index (κ1) is 13.5. The largest absolute Gasteiger partial charge is 0.492 e. The van der Waals surface area contributed by atoms with Gasteiger partial charge >= 0.3 is 0 Å². The fourth-order valence-electron chi connectivity index (χ4n) is 1.45. The third-order valence-electron chi connectivity index (χ3n) is 2.41. The van der Waals surface area contributed by atoms with Gasteiger partial charge in [-0.25, -0.2) is 0 Å². The summed E-state index contributed by atoms with van der Waals surface area (Å²) < 4.78 is 5.69. The molecule has 0 aliphatic heterocycles. The topological polar surface area (TPSA) is 55.6 Å². The zero-order valence-corrected chi connectivity index (χ0v) is 10.5. The van der Waals surface area contributed by atoms with E-state index in [1.807, 2.05) is 38.4 Å². The average molecular weight is 236 g/mol. The lowest BCUT2D eigenvalue weighted by Gasteiger charge is -2.13. The minimum absolute atomic E-state index is 0.284. The van der Waals surface area contributed by atoms with Gasteiger partial charge < -0.3 is 15.4 Å². The quantitative estimate of drug-likeness (QED) is 0.769. The first-order valence-corrected chi connectivity index (χ1v) is 5.73. The molecule has 1 amide bonds. The monoisotopic (exact) mass is 236 g/mol. The van der Waals surface area contributed by atoms with Crippen LogP contribution in [0.4, 0.5) is 0 Å². The van der Waals surface area contributed by atoms with Gasteiger partial charge in [0, 0.05) is 13.0 Å². The maximum absolute atomic E-state index is 10.8. The maximum Gasteiger partial charge on any atom is 0.217 e. The van der Waals surface area contributed by atoms with Gasteiger partial charge in [-0.05, 0) is 32.1 Å². The number of nitrogens with two attached hydrogens (primary N) is 1. The van der Waals surface area contributed by atoms with Crippen LogP contribution in [0.3, 0.4) is 0 Å². The number of hydrogen-bond donors (Lipinski definition) is 1. The van der Waals surface area contributed by atoms with Crippen molar-refractivity contribution in [3.63, 3.8) is 0 Å². The molecule has 0 atom stereocenters. The third-order valence-corrected chi connectivity index (χ3v) is 2.41. The Morgan fingerprint density at radius 2 is 2.06 bits per heavy atom. The fourth-order valence-corrected chi connectivity index (χ4v) is 1.45. The Morgan fingerprint density at radius 1 is 1.35 bits per heavy atom. The number of aryl methyl sites for hydroxylation is 1. The Hall–Kier alpha value is -1.55. The molecule has 0 saturated heterocycles. The highest BCUT2D eigenvalue weighted by molar-refractivity contribution is 5.74. The van der Waals surface area contributed by atoms with Gasteiger partial charge in [0.05, 0.1) is 0 Å². The Kier molecular flexibility index (Phi) is 5.49. The van der Waals surface area contributed by atoms with Gasteiger partial charge in [0.25, 0.3) is 0 Å². The molecule has 4 heteroatoms. The van der Waals surface area contributed by atoms with Crippen molar-refractivity contribution in [1.29, 1.82) is 0 Å². The highest BCUT2D eigenvalue weighted by Gasteiger charge is 2.04. The van der Waals surface area contributed by atoms with Crippen LogP contribution in [0.15, 0.2) is 24.3 Å². The van der Waals surface area contributed by atoms with E-state index >= 15 is 0 Å². The minimum atomic E-state index is -0.284. The lowest BCUT2D eigenvalue weighted by Crippen LogP contribution is -2.19. The Labute approximate surface area is 102 Å². The summed E-state index contributed by atoms with van der Waals surface area (Å²) in [5.74, 6) is 0.559. The zero-order chi connectivity index (χ0) is 12.7. The normalized spacial score (nSPS) is 10.5. The molecular weight excluding hydrogens is 216 g/mol. The highest BCUT2D eigenvalue weighted by Crippen LogP contribution is 2.19. The van der Waals surface area contributed by atoms with Crippen LogP contribution < -0.4 is 10.5 Å². The summed E-state index contributed by atoms with van der Waals surface area (Å²) in [7, 11) is 4.00. The molecule has 0 heterocycles. The van der Waals surface area contributed by atoms with Crippen LogP contribution in [0.1, 0.15) is 12.0 Å². The Balaban J connectivity index is 2.54. The predicted molar refractivity (Wildman–Crippen MR) is 68.0 cm³/mol. The molecule has 4 nitrogen and oxygen atoms in total. The molecular formula is C13H20N2O2. The molecule has 0 bridgehead atoms. The minimum Gasteiger partial charge on any atom is -0.492 e. The molecule has 2 N–H and O–H groups in total. The van der Waals surface area contributed by atoms with E-state index in [-0.39, 0.29) is 5.91 Å². The number of primary amides is 1. The van der Waals surface area contributed by atoms with Gasteiger partial charge in [-0.1, -0.05) is 18.2 Å². The number of carbonyl (C=O) groups excluding carboxylic acids is 1. The number of rotatable bonds is 7. The summed E-state index contributed by atoms with van der Waals surface area (Å²) >= 11 is 0. The SMILES string of the molecule is CN(C)CCOc1ccccc1CCC(N)=O. The van der Waals surface area contributed by atoms with E-state index in [4.69, 9.17) is 10.5 Å². The predicted octanol–water partition coefficient (Wildman–Crippen LogP) is 1.04. The third kappa shape index (κ3) is 5.36. The number of likely N-dealkylation sites (N-methyl/N-ethyl adjacent to an activating group) is 1. The van der Waals surface area contributed by atoms with Crippen molar-refractivity contribution in [2.24, 2.45) is 5.73 Å². The van der Waals surface area contributed by atoms with Crippen molar-refractivity contribution in [1.82, 2.24) is 4.90 Å². The van der Waals surface area contributed by atoms with E-state index in [1.165, 1.54) is 0 Å². The average Bonchev–Trinajstić information content (AvgIpc) is 2.27.